The van der Waals surface area contributed by atoms with Crippen LogP contribution in [0.15, 0.2) is 60.9 Å². The van der Waals surface area contributed by atoms with E-state index in [4.69, 9.17) is 11.5 Å². The number of para-hydroxylation sites is 2. The van der Waals surface area contributed by atoms with Crippen LogP contribution in [-0.2, 0) is 41.6 Å². The lowest BCUT2D eigenvalue weighted by atomic mass is 10.0. The standard InChI is InChI=1S/C40H51N9O7/c41-16-6-5-11-28(42)36(51)45-23-35(50)48-17-7-14-33(48)37(52)46-31(19-24-21-43-29-12-3-1-9-26(24)29)39(54)49-18-8-15-34(49)38(53)47-32(40(55)56)20-25-22-44-30-13-4-2-10-27(25)30/h1-4,9-10,12-13,21-22,28,31-34,43-44H,5-8,11,14-20,23,41-42H2,(H,45,51)(H,46,52)(H,47,53)(H,55,56)/t28-,31-,32-,33-,34-/m0/s1. The second kappa shape index (κ2) is 18.3. The van der Waals surface area contributed by atoms with Crippen LogP contribution in [0.25, 0.3) is 21.8 Å². The first-order valence-corrected chi connectivity index (χ1v) is 19.3. The van der Waals surface area contributed by atoms with E-state index in [1.807, 2.05) is 48.5 Å². The molecule has 2 aromatic heterocycles. The van der Waals surface area contributed by atoms with Crippen molar-refractivity contribution >= 4 is 57.3 Å². The summed E-state index contributed by atoms with van der Waals surface area (Å²) < 4.78 is 0. The highest BCUT2D eigenvalue weighted by atomic mass is 16.4. The summed E-state index contributed by atoms with van der Waals surface area (Å²) in [5.41, 5.74) is 14.7. The van der Waals surface area contributed by atoms with E-state index < -0.39 is 65.7 Å². The number of aromatic nitrogens is 2. The highest BCUT2D eigenvalue weighted by Gasteiger charge is 2.41. The zero-order valence-electron chi connectivity index (χ0n) is 31.3. The molecule has 5 amide bonds. The molecule has 0 unspecified atom stereocenters. The minimum Gasteiger partial charge on any atom is -0.480 e. The van der Waals surface area contributed by atoms with Gasteiger partial charge in [0.05, 0.1) is 12.6 Å². The number of unbranched alkanes of at least 4 members (excludes halogenated alkanes) is 1. The second-order valence-corrected chi connectivity index (χ2v) is 14.6. The topological polar surface area (TPSA) is 249 Å². The molecule has 4 heterocycles. The van der Waals surface area contributed by atoms with Crippen molar-refractivity contribution in [1.82, 2.24) is 35.7 Å². The first-order valence-electron chi connectivity index (χ1n) is 19.3. The average Bonchev–Trinajstić information content (AvgIpc) is 4.03. The monoisotopic (exact) mass is 769 g/mol. The lowest BCUT2D eigenvalue weighted by molar-refractivity contribution is -0.145. The SMILES string of the molecule is NCCCC[C@H](N)C(=O)NCC(=O)N1CCC[C@H]1C(=O)N[C@@H](Cc1c[nH]c2ccccc12)C(=O)N1CCC[C@H]1C(=O)N[C@@H](Cc1c[nH]c2ccccc12)C(=O)O. The Morgan fingerprint density at radius 3 is 1.89 bits per heavy atom. The molecule has 0 radical (unpaired) electrons. The van der Waals surface area contributed by atoms with Gasteiger partial charge in [0, 0.05) is 60.1 Å². The molecule has 6 rings (SSSR count). The molecule has 0 bridgehead atoms. The van der Waals surface area contributed by atoms with Crippen molar-refractivity contribution in [2.45, 2.75) is 88.0 Å². The third-order valence-corrected chi connectivity index (χ3v) is 10.9. The summed E-state index contributed by atoms with van der Waals surface area (Å²) in [6, 6.07) is 10.1. The number of carboxylic acid groups (broad SMARTS) is 1. The normalized spacial score (nSPS) is 18.5. The molecule has 0 saturated carbocycles. The van der Waals surface area contributed by atoms with E-state index in [0.717, 1.165) is 39.4 Å². The molecule has 16 heteroatoms. The van der Waals surface area contributed by atoms with Crippen LogP contribution in [0, 0.1) is 0 Å². The number of carbonyl (C=O) groups is 6. The average molecular weight is 770 g/mol. The van der Waals surface area contributed by atoms with Crippen LogP contribution >= 0.6 is 0 Å². The van der Waals surface area contributed by atoms with E-state index in [2.05, 4.69) is 25.9 Å². The molecule has 5 atom stereocenters. The number of nitrogens with two attached hydrogens (primary N) is 2. The van der Waals surface area contributed by atoms with Crippen LogP contribution in [0.5, 0.6) is 0 Å². The summed E-state index contributed by atoms with van der Waals surface area (Å²) >= 11 is 0. The van der Waals surface area contributed by atoms with Crippen LogP contribution in [0.4, 0.5) is 0 Å². The van der Waals surface area contributed by atoms with Gasteiger partial charge in [-0.1, -0.05) is 42.8 Å². The smallest absolute Gasteiger partial charge is 0.326 e. The van der Waals surface area contributed by atoms with Gasteiger partial charge >= 0.3 is 5.97 Å². The number of fused-ring (bicyclic) bond motifs is 2. The molecule has 0 spiro atoms. The molecule has 2 aliphatic rings. The third-order valence-electron chi connectivity index (χ3n) is 10.9. The van der Waals surface area contributed by atoms with Crippen LogP contribution in [0.1, 0.15) is 56.1 Å². The molecule has 4 aromatic rings. The second-order valence-electron chi connectivity index (χ2n) is 14.6. The van der Waals surface area contributed by atoms with E-state index in [0.29, 0.717) is 51.6 Å². The van der Waals surface area contributed by atoms with Crippen molar-refractivity contribution in [3.8, 4) is 0 Å². The first kappa shape index (κ1) is 39.9. The van der Waals surface area contributed by atoms with Gasteiger partial charge in [0.2, 0.25) is 29.5 Å². The Morgan fingerprint density at radius 1 is 0.768 bits per heavy atom. The summed E-state index contributed by atoms with van der Waals surface area (Å²) in [7, 11) is 0. The van der Waals surface area contributed by atoms with Gasteiger partial charge in [0.1, 0.15) is 24.2 Å². The fraction of sp³-hybridized carbons (Fsp3) is 0.450. The Labute approximate surface area is 324 Å². The molecule has 2 aromatic carbocycles. The Balaban J connectivity index is 1.16. The van der Waals surface area contributed by atoms with Gasteiger partial charge in [0.15, 0.2) is 0 Å². The molecular weight excluding hydrogens is 718 g/mol. The number of benzene rings is 2. The van der Waals surface area contributed by atoms with Gasteiger partial charge in [-0.15, -0.1) is 0 Å². The van der Waals surface area contributed by atoms with E-state index in [1.165, 1.54) is 9.80 Å². The van der Waals surface area contributed by atoms with Crippen LogP contribution < -0.4 is 27.4 Å². The molecular formula is C40H51N9O7. The quantitative estimate of drug-likeness (QED) is 0.0714. The number of carboxylic acids is 1. The molecule has 0 aliphatic carbocycles. The number of carbonyl (C=O) groups excluding carboxylic acids is 5. The molecule has 10 N–H and O–H groups in total. The largest absolute Gasteiger partial charge is 0.480 e. The maximum atomic E-state index is 14.5. The Morgan fingerprint density at radius 2 is 1.30 bits per heavy atom. The van der Waals surface area contributed by atoms with Crippen LogP contribution in [-0.4, -0.2) is 117 Å². The van der Waals surface area contributed by atoms with E-state index in [-0.39, 0.29) is 25.9 Å². The summed E-state index contributed by atoms with van der Waals surface area (Å²) in [6.45, 7) is 0.703. The van der Waals surface area contributed by atoms with Gasteiger partial charge in [-0.2, -0.15) is 0 Å². The van der Waals surface area contributed by atoms with E-state index >= 15 is 0 Å². The zero-order chi connectivity index (χ0) is 39.8. The first-order chi connectivity index (χ1) is 27.0. The molecule has 16 nitrogen and oxygen atoms in total. The lowest BCUT2D eigenvalue weighted by Crippen LogP contribution is -2.58. The number of H-pyrrole nitrogens is 2. The lowest BCUT2D eigenvalue weighted by Gasteiger charge is -2.31. The van der Waals surface area contributed by atoms with Crippen molar-refractivity contribution in [2.24, 2.45) is 11.5 Å². The van der Waals surface area contributed by atoms with Crippen molar-refractivity contribution < 1.29 is 33.9 Å². The van der Waals surface area contributed by atoms with Gasteiger partial charge in [-0.05, 0) is 68.3 Å². The molecule has 298 valence electrons. The van der Waals surface area contributed by atoms with Gasteiger partial charge < -0.3 is 52.3 Å². The number of hydrogen-bond donors (Lipinski definition) is 8. The molecule has 2 fully saturated rings. The molecule has 2 aliphatic heterocycles. The number of aliphatic carboxylic acids is 1. The summed E-state index contributed by atoms with van der Waals surface area (Å²) in [5, 5.41) is 20.0. The Bertz CT molecular complexity index is 2060. The van der Waals surface area contributed by atoms with Crippen molar-refractivity contribution in [3.63, 3.8) is 0 Å². The highest BCUT2D eigenvalue weighted by molar-refractivity contribution is 5.97. The van der Waals surface area contributed by atoms with E-state index in [9.17, 15) is 33.9 Å². The summed E-state index contributed by atoms with van der Waals surface area (Å²) in [6.07, 6.45) is 7.22. The minimum atomic E-state index is -1.25. The summed E-state index contributed by atoms with van der Waals surface area (Å²) in [4.78, 5) is 89.7. The van der Waals surface area contributed by atoms with Gasteiger partial charge in [-0.3, -0.25) is 24.0 Å². The molecule has 2 saturated heterocycles. The van der Waals surface area contributed by atoms with Gasteiger partial charge in [-0.25, -0.2) is 4.79 Å². The predicted molar refractivity (Wildman–Crippen MR) is 209 cm³/mol. The number of rotatable bonds is 17. The number of hydrogen-bond acceptors (Lipinski definition) is 8. The number of likely N-dealkylation sites (tertiary alicyclic amines) is 2. The van der Waals surface area contributed by atoms with Crippen LogP contribution in [0.3, 0.4) is 0 Å². The number of amides is 5. The number of nitrogens with zero attached hydrogens (tertiary/aromatic N) is 2. The fourth-order valence-corrected chi connectivity index (χ4v) is 7.85. The Hall–Kier alpha value is -5.74. The fourth-order valence-electron chi connectivity index (χ4n) is 7.85. The van der Waals surface area contributed by atoms with Crippen molar-refractivity contribution in [1.29, 1.82) is 0 Å². The maximum absolute atomic E-state index is 14.5. The zero-order valence-corrected chi connectivity index (χ0v) is 31.3. The summed E-state index contributed by atoms with van der Waals surface area (Å²) in [5.74, 6) is -3.71. The van der Waals surface area contributed by atoms with Crippen LogP contribution in [0.2, 0.25) is 0 Å². The predicted octanol–water partition coefficient (Wildman–Crippen LogP) is 1.04. The Kier molecular flexibility index (Phi) is 13.0. The van der Waals surface area contributed by atoms with Crippen molar-refractivity contribution in [3.05, 3.63) is 72.1 Å². The number of nitrogens with one attached hydrogen (secondary N) is 5. The number of aromatic amines is 2. The molecule has 56 heavy (non-hydrogen) atoms. The minimum absolute atomic E-state index is 0.0346. The third kappa shape index (κ3) is 9.20. The highest BCUT2D eigenvalue weighted by Crippen LogP contribution is 2.25. The van der Waals surface area contributed by atoms with Gasteiger partial charge in [0.25, 0.3) is 0 Å². The van der Waals surface area contributed by atoms with E-state index in [1.54, 1.807) is 12.4 Å². The van der Waals surface area contributed by atoms with Crippen molar-refractivity contribution in [2.75, 3.05) is 26.2 Å². The maximum Gasteiger partial charge on any atom is 0.326 e.